The number of carbonyl (C=O) groups is 1. The Bertz CT molecular complexity index is 535. The van der Waals surface area contributed by atoms with E-state index in [0.717, 1.165) is 11.9 Å². The highest BCUT2D eigenvalue weighted by atomic mass is 19.4. The Morgan fingerprint density at radius 1 is 1.43 bits per heavy atom. The molecule has 1 aromatic carbocycles. The molecule has 0 aliphatic heterocycles. The van der Waals surface area contributed by atoms with Crippen LogP contribution in [0.15, 0.2) is 35.4 Å². The number of rotatable bonds is 5. The average Bonchev–Trinajstić information content (AvgIpc) is 2.46. The molecule has 0 radical (unpaired) electrons. The second-order valence-corrected chi connectivity index (χ2v) is 4.30. The number of hydrogen-bond donors (Lipinski definition) is 0. The summed E-state index contributed by atoms with van der Waals surface area (Å²) in [7, 11) is 0. The second kappa shape index (κ2) is 7.43. The fraction of sp³-hybridized carbons (Fsp3) is 0.357. The number of alkyl halides is 3. The van der Waals surface area contributed by atoms with Crippen LogP contribution in [0.5, 0.6) is 0 Å². The highest BCUT2D eigenvalue weighted by Crippen LogP contribution is 2.24. The summed E-state index contributed by atoms with van der Waals surface area (Å²) in [5.74, 6) is -2.32. The first-order valence-corrected chi connectivity index (χ1v) is 6.21. The van der Waals surface area contributed by atoms with Gasteiger partial charge in [0, 0.05) is 11.8 Å². The van der Waals surface area contributed by atoms with Crippen molar-refractivity contribution < 1.29 is 18.0 Å². The van der Waals surface area contributed by atoms with Gasteiger partial charge in [0.15, 0.2) is 0 Å². The fourth-order valence-corrected chi connectivity index (χ4v) is 1.36. The van der Waals surface area contributed by atoms with Gasteiger partial charge in [0.25, 0.3) is 5.91 Å². The Labute approximate surface area is 120 Å². The third kappa shape index (κ3) is 5.26. The van der Waals surface area contributed by atoms with Crippen molar-refractivity contribution in [2.75, 3.05) is 6.54 Å². The SMILES string of the molecule is CC(/C=N/N(CCC#N)C(=O)c1ccccc1)C(F)(F)F. The quantitative estimate of drug-likeness (QED) is 0.619. The maximum absolute atomic E-state index is 12.4. The largest absolute Gasteiger partial charge is 0.396 e. The maximum Gasteiger partial charge on any atom is 0.396 e. The van der Waals surface area contributed by atoms with Crippen molar-refractivity contribution in [2.24, 2.45) is 11.0 Å². The molecule has 0 aliphatic carbocycles. The molecule has 0 aliphatic rings. The number of hydrazone groups is 1. The zero-order chi connectivity index (χ0) is 15.9. The van der Waals surface area contributed by atoms with Gasteiger partial charge in [0.05, 0.1) is 25.0 Å². The Balaban J connectivity index is 2.89. The molecular weight excluding hydrogens is 283 g/mol. The van der Waals surface area contributed by atoms with Crippen molar-refractivity contribution in [1.29, 1.82) is 5.26 Å². The van der Waals surface area contributed by atoms with Crippen molar-refractivity contribution in [2.45, 2.75) is 19.5 Å². The van der Waals surface area contributed by atoms with Crippen LogP contribution in [0, 0.1) is 17.2 Å². The molecule has 4 nitrogen and oxygen atoms in total. The van der Waals surface area contributed by atoms with Gasteiger partial charge in [-0.2, -0.15) is 23.5 Å². The zero-order valence-electron chi connectivity index (χ0n) is 11.3. The molecule has 7 heteroatoms. The molecule has 0 saturated carbocycles. The van der Waals surface area contributed by atoms with Crippen LogP contribution >= 0.6 is 0 Å². The Kier molecular flexibility index (Phi) is 5.91. The standard InChI is InChI=1S/C14H14F3N3O/c1-11(14(15,16)17)10-19-20(9-5-8-18)13(21)12-6-3-2-4-7-12/h2-4,6-7,10-11H,5,9H2,1H3/b19-10+. The number of halogens is 3. The lowest BCUT2D eigenvalue weighted by Crippen LogP contribution is -2.29. The number of carbonyl (C=O) groups excluding carboxylic acids is 1. The minimum absolute atomic E-state index is 0.0175. The molecule has 0 saturated heterocycles. The van der Waals surface area contributed by atoms with Crippen molar-refractivity contribution in [1.82, 2.24) is 5.01 Å². The molecule has 1 amide bonds. The number of benzene rings is 1. The Morgan fingerprint density at radius 3 is 2.57 bits per heavy atom. The van der Waals surface area contributed by atoms with E-state index in [-0.39, 0.29) is 13.0 Å². The van der Waals surface area contributed by atoms with Gasteiger partial charge in [-0.05, 0) is 19.1 Å². The zero-order valence-corrected chi connectivity index (χ0v) is 11.3. The molecule has 0 N–H and O–H groups in total. The smallest absolute Gasteiger partial charge is 0.267 e. The summed E-state index contributed by atoms with van der Waals surface area (Å²) in [6.45, 7) is 0.879. The third-order valence-electron chi connectivity index (χ3n) is 2.64. The molecule has 112 valence electrons. The summed E-state index contributed by atoms with van der Waals surface area (Å²) in [6.07, 6.45) is -3.77. The van der Waals surface area contributed by atoms with E-state index in [2.05, 4.69) is 5.10 Å². The van der Waals surface area contributed by atoms with Gasteiger partial charge in [-0.1, -0.05) is 18.2 Å². The molecular formula is C14H14F3N3O. The minimum atomic E-state index is -4.42. The van der Waals surface area contributed by atoms with Gasteiger partial charge in [-0.15, -0.1) is 0 Å². The van der Waals surface area contributed by atoms with Gasteiger partial charge in [0.1, 0.15) is 0 Å². The number of nitrogens with zero attached hydrogens (tertiary/aromatic N) is 3. The van der Waals surface area contributed by atoms with E-state index in [9.17, 15) is 18.0 Å². The van der Waals surface area contributed by atoms with Gasteiger partial charge >= 0.3 is 6.18 Å². The fourth-order valence-electron chi connectivity index (χ4n) is 1.36. The second-order valence-electron chi connectivity index (χ2n) is 4.30. The lowest BCUT2D eigenvalue weighted by atomic mass is 10.2. The summed E-state index contributed by atoms with van der Waals surface area (Å²) >= 11 is 0. The number of amides is 1. The first-order chi connectivity index (χ1) is 9.86. The normalized spacial score (nSPS) is 12.9. The summed E-state index contributed by atoms with van der Waals surface area (Å²) < 4.78 is 37.3. The van der Waals surface area contributed by atoms with E-state index in [1.54, 1.807) is 18.2 Å². The summed E-state index contributed by atoms with van der Waals surface area (Å²) in [5, 5.41) is 13.0. The van der Waals surface area contributed by atoms with E-state index < -0.39 is 18.0 Å². The average molecular weight is 297 g/mol. The molecule has 1 unspecified atom stereocenters. The molecule has 0 spiro atoms. The highest BCUT2D eigenvalue weighted by Gasteiger charge is 2.35. The summed E-state index contributed by atoms with van der Waals surface area (Å²) in [6, 6.07) is 9.88. The minimum Gasteiger partial charge on any atom is -0.267 e. The van der Waals surface area contributed by atoms with Crippen molar-refractivity contribution in [3.63, 3.8) is 0 Å². The summed E-state index contributed by atoms with van der Waals surface area (Å²) in [5.41, 5.74) is 0.298. The van der Waals surface area contributed by atoms with Crippen LogP contribution in [0.2, 0.25) is 0 Å². The molecule has 1 atom stereocenters. The molecule has 1 aromatic rings. The Morgan fingerprint density at radius 2 is 2.05 bits per heavy atom. The predicted octanol–water partition coefficient (Wildman–Crippen LogP) is 3.23. The van der Waals surface area contributed by atoms with E-state index in [1.165, 1.54) is 12.1 Å². The molecule has 0 heterocycles. The summed E-state index contributed by atoms with van der Waals surface area (Å²) in [4.78, 5) is 12.1. The van der Waals surface area contributed by atoms with Crippen LogP contribution < -0.4 is 0 Å². The lowest BCUT2D eigenvalue weighted by Gasteiger charge is -2.17. The van der Waals surface area contributed by atoms with Gasteiger partial charge < -0.3 is 0 Å². The maximum atomic E-state index is 12.4. The first-order valence-electron chi connectivity index (χ1n) is 6.21. The Hall–Kier alpha value is -2.36. The third-order valence-corrected chi connectivity index (χ3v) is 2.64. The van der Waals surface area contributed by atoms with Crippen molar-refractivity contribution >= 4 is 12.1 Å². The van der Waals surface area contributed by atoms with Crippen LogP contribution in [0.4, 0.5) is 13.2 Å². The van der Waals surface area contributed by atoms with E-state index in [4.69, 9.17) is 5.26 Å². The lowest BCUT2D eigenvalue weighted by molar-refractivity contribution is -0.149. The van der Waals surface area contributed by atoms with E-state index >= 15 is 0 Å². The highest BCUT2D eigenvalue weighted by molar-refractivity contribution is 5.94. The first kappa shape index (κ1) is 16.7. The van der Waals surface area contributed by atoms with Crippen LogP contribution in [-0.4, -0.2) is 29.9 Å². The molecule has 21 heavy (non-hydrogen) atoms. The van der Waals surface area contributed by atoms with Crippen LogP contribution in [-0.2, 0) is 0 Å². The van der Waals surface area contributed by atoms with Crippen LogP contribution in [0.25, 0.3) is 0 Å². The van der Waals surface area contributed by atoms with Gasteiger partial charge in [-0.3, -0.25) is 4.79 Å². The van der Waals surface area contributed by atoms with E-state index in [1.807, 2.05) is 6.07 Å². The molecule has 0 aromatic heterocycles. The predicted molar refractivity (Wildman–Crippen MR) is 71.4 cm³/mol. The number of hydrogen-bond acceptors (Lipinski definition) is 3. The van der Waals surface area contributed by atoms with Crippen LogP contribution in [0.1, 0.15) is 23.7 Å². The molecule has 0 fully saturated rings. The van der Waals surface area contributed by atoms with Gasteiger partial charge in [-0.25, -0.2) is 5.01 Å². The van der Waals surface area contributed by atoms with Crippen LogP contribution in [0.3, 0.4) is 0 Å². The number of nitriles is 1. The van der Waals surface area contributed by atoms with Crippen molar-refractivity contribution in [3.05, 3.63) is 35.9 Å². The topological polar surface area (TPSA) is 56.5 Å². The molecule has 1 rings (SSSR count). The van der Waals surface area contributed by atoms with Gasteiger partial charge in [0.2, 0.25) is 0 Å². The van der Waals surface area contributed by atoms with E-state index in [0.29, 0.717) is 11.8 Å². The monoisotopic (exact) mass is 297 g/mol. The molecule has 0 bridgehead atoms. The van der Waals surface area contributed by atoms with Crippen molar-refractivity contribution in [3.8, 4) is 6.07 Å².